The summed E-state index contributed by atoms with van der Waals surface area (Å²) in [6, 6.07) is 75.5. The van der Waals surface area contributed by atoms with Gasteiger partial charge in [0.2, 0.25) is 0 Å². The van der Waals surface area contributed by atoms with E-state index in [4.69, 9.17) is 15.0 Å². The zero-order valence-corrected chi connectivity index (χ0v) is 34.0. The van der Waals surface area contributed by atoms with Gasteiger partial charge in [-0.1, -0.05) is 196 Å². The molecule has 0 atom stereocenters. The summed E-state index contributed by atoms with van der Waals surface area (Å²) in [7, 11) is 0. The number of rotatable bonds is 7. The Labute approximate surface area is 356 Å². The van der Waals surface area contributed by atoms with E-state index in [0.29, 0.717) is 5.82 Å². The van der Waals surface area contributed by atoms with Gasteiger partial charge in [-0.05, 0) is 86.0 Å². The van der Waals surface area contributed by atoms with Crippen LogP contribution in [0.15, 0.2) is 212 Å². The van der Waals surface area contributed by atoms with Crippen LogP contribution in [0, 0.1) is 0 Å². The van der Waals surface area contributed by atoms with Gasteiger partial charge in [-0.15, -0.1) is 0 Å². The normalized spacial score (nSPS) is 12.6. The van der Waals surface area contributed by atoms with E-state index in [1.807, 2.05) is 36.4 Å². The Morgan fingerprint density at radius 2 is 0.836 bits per heavy atom. The van der Waals surface area contributed by atoms with E-state index in [1.165, 1.54) is 27.8 Å². The Bertz CT molecular complexity index is 3190. The molecule has 1 aliphatic rings. The second-order valence-electron chi connectivity index (χ2n) is 16.4. The molecule has 0 bridgehead atoms. The molecule has 0 saturated carbocycles. The van der Waals surface area contributed by atoms with Crippen LogP contribution in [0.1, 0.15) is 25.0 Å². The molecule has 0 saturated heterocycles. The summed E-state index contributed by atoms with van der Waals surface area (Å²) < 4.78 is 0. The first-order valence-electron chi connectivity index (χ1n) is 20.9. The molecule has 61 heavy (non-hydrogen) atoms. The maximum atomic E-state index is 5.48. The Kier molecular flexibility index (Phi) is 8.82. The molecule has 10 aromatic rings. The molecule has 8 aromatic carbocycles. The third-order valence-electron chi connectivity index (χ3n) is 12.3. The number of hydrogen-bond donors (Lipinski definition) is 0. The van der Waals surface area contributed by atoms with E-state index in [0.717, 1.165) is 78.1 Å². The second-order valence-corrected chi connectivity index (χ2v) is 16.4. The lowest BCUT2D eigenvalue weighted by molar-refractivity contribution is 0.661. The SMILES string of the molecule is CC1(C)c2ccccc2-c2cc3c(-c4cccc(-c5ccc(-c6nc(-c7ccccc7)cc(-c7ccccc7)n6)cc5)c4)cc(-c4ccccc4-c4ccccc4)nc3cc21. The minimum absolute atomic E-state index is 0.136. The second kappa shape index (κ2) is 14.8. The number of fused-ring (bicyclic) bond motifs is 4. The summed E-state index contributed by atoms with van der Waals surface area (Å²) >= 11 is 0. The van der Waals surface area contributed by atoms with Gasteiger partial charge in [-0.25, -0.2) is 15.0 Å². The largest absolute Gasteiger partial charge is 0.248 e. The van der Waals surface area contributed by atoms with Crippen molar-refractivity contribution in [3.8, 4) is 89.7 Å². The molecule has 0 N–H and O–H groups in total. The van der Waals surface area contributed by atoms with Crippen molar-refractivity contribution in [3.63, 3.8) is 0 Å². The van der Waals surface area contributed by atoms with Crippen LogP contribution in [0.2, 0.25) is 0 Å². The zero-order valence-electron chi connectivity index (χ0n) is 34.0. The third-order valence-corrected chi connectivity index (χ3v) is 12.3. The summed E-state index contributed by atoms with van der Waals surface area (Å²) in [6.07, 6.45) is 0. The zero-order chi connectivity index (χ0) is 40.9. The molecule has 1 aliphatic carbocycles. The summed E-state index contributed by atoms with van der Waals surface area (Å²) in [5.74, 6) is 0.698. The molecule has 0 fully saturated rings. The smallest absolute Gasteiger partial charge is 0.160 e. The molecule has 11 rings (SSSR count). The Morgan fingerprint density at radius 1 is 0.295 bits per heavy atom. The lowest BCUT2D eigenvalue weighted by atomic mass is 9.82. The fraction of sp³-hybridized carbons (Fsp3) is 0.0517. The number of pyridine rings is 1. The maximum Gasteiger partial charge on any atom is 0.160 e. The quantitative estimate of drug-likeness (QED) is 0.162. The van der Waals surface area contributed by atoms with Gasteiger partial charge in [0.25, 0.3) is 0 Å². The van der Waals surface area contributed by atoms with Crippen LogP contribution in [-0.4, -0.2) is 15.0 Å². The van der Waals surface area contributed by atoms with Gasteiger partial charge in [-0.2, -0.15) is 0 Å². The molecule has 0 spiro atoms. The minimum Gasteiger partial charge on any atom is -0.248 e. The summed E-state index contributed by atoms with van der Waals surface area (Å²) in [6.45, 7) is 4.67. The van der Waals surface area contributed by atoms with Crippen molar-refractivity contribution in [2.24, 2.45) is 0 Å². The first kappa shape index (κ1) is 36.3. The van der Waals surface area contributed by atoms with Crippen LogP contribution in [-0.2, 0) is 5.41 Å². The highest BCUT2D eigenvalue weighted by Crippen LogP contribution is 2.51. The molecular formula is C58H41N3. The van der Waals surface area contributed by atoms with Crippen LogP contribution < -0.4 is 0 Å². The Morgan fingerprint density at radius 3 is 1.51 bits per heavy atom. The van der Waals surface area contributed by atoms with Crippen molar-refractivity contribution in [1.82, 2.24) is 15.0 Å². The number of nitrogens with zero attached hydrogens (tertiary/aromatic N) is 3. The summed E-state index contributed by atoms with van der Waals surface area (Å²) in [4.78, 5) is 15.6. The highest BCUT2D eigenvalue weighted by atomic mass is 14.9. The van der Waals surface area contributed by atoms with Crippen LogP contribution >= 0.6 is 0 Å². The van der Waals surface area contributed by atoms with Gasteiger partial charge in [0.1, 0.15) is 0 Å². The van der Waals surface area contributed by atoms with E-state index < -0.39 is 0 Å². The van der Waals surface area contributed by atoms with Crippen molar-refractivity contribution in [1.29, 1.82) is 0 Å². The fourth-order valence-corrected chi connectivity index (χ4v) is 9.14. The van der Waals surface area contributed by atoms with Crippen LogP contribution in [0.3, 0.4) is 0 Å². The van der Waals surface area contributed by atoms with Crippen LogP contribution in [0.25, 0.3) is 101 Å². The van der Waals surface area contributed by atoms with E-state index in [-0.39, 0.29) is 5.41 Å². The maximum absolute atomic E-state index is 5.48. The molecular weight excluding hydrogens is 739 g/mol. The van der Waals surface area contributed by atoms with Gasteiger partial charge in [0.05, 0.1) is 22.6 Å². The number of hydrogen-bond acceptors (Lipinski definition) is 3. The van der Waals surface area contributed by atoms with Crippen LogP contribution in [0.4, 0.5) is 0 Å². The Balaban J connectivity index is 1.04. The molecule has 288 valence electrons. The molecule has 3 nitrogen and oxygen atoms in total. The van der Waals surface area contributed by atoms with E-state index >= 15 is 0 Å². The van der Waals surface area contributed by atoms with Gasteiger partial charge >= 0.3 is 0 Å². The van der Waals surface area contributed by atoms with Crippen molar-refractivity contribution >= 4 is 10.9 Å². The van der Waals surface area contributed by atoms with E-state index in [9.17, 15) is 0 Å². The van der Waals surface area contributed by atoms with Crippen molar-refractivity contribution in [2.75, 3.05) is 0 Å². The van der Waals surface area contributed by atoms with E-state index in [1.54, 1.807) is 0 Å². The average Bonchev–Trinajstić information content (AvgIpc) is 3.56. The standard InChI is InChI=1S/C58H41N3/c1-58(2)51-28-15-14-26-46(51)49-34-50-48(35-55(59-56(50)36-52(49)58)47-27-13-12-25-45(47)39-17-6-3-7-18-39)44-24-16-23-43(33-44)38-29-31-42(32-30-38)57-60-53(40-19-8-4-9-20-40)37-54(61-57)41-21-10-5-11-22-41/h3-37H,1-2H3. The first-order valence-corrected chi connectivity index (χ1v) is 20.9. The van der Waals surface area contributed by atoms with Crippen molar-refractivity contribution in [2.45, 2.75) is 19.3 Å². The topological polar surface area (TPSA) is 38.7 Å². The highest BCUT2D eigenvalue weighted by molar-refractivity contribution is 6.02. The minimum atomic E-state index is -0.136. The lowest BCUT2D eigenvalue weighted by Crippen LogP contribution is -2.14. The first-order chi connectivity index (χ1) is 30.0. The molecule has 2 aromatic heterocycles. The molecule has 0 radical (unpaired) electrons. The summed E-state index contributed by atoms with van der Waals surface area (Å²) in [5, 5.41) is 1.14. The van der Waals surface area contributed by atoms with Gasteiger partial charge in [0, 0.05) is 33.1 Å². The molecule has 0 amide bonds. The number of benzene rings is 8. The van der Waals surface area contributed by atoms with Gasteiger partial charge in [-0.3, -0.25) is 0 Å². The highest BCUT2D eigenvalue weighted by Gasteiger charge is 2.36. The average molecular weight is 780 g/mol. The fourth-order valence-electron chi connectivity index (χ4n) is 9.14. The lowest BCUT2D eigenvalue weighted by Gasteiger charge is -2.22. The molecule has 3 heteroatoms. The molecule has 2 heterocycles. The number of aromatic nitrogens is 3. The molecule has 0 unspecified atom stereocenters. The monoisotopic (exact) mass is 779 g/mol. The Hall–Kier alpha value is -7.75. The van der Waals surface area contributed by atoms with Crippen molar-refractivity contribution in [3.05, 3.63) is 223 Å². The predicted octanol–water partition coefficient (Wildman–Crippen LogP) is 15.0. The van der Waals surface area contributed by atoms with Gasteiger partial charge in [0.15, 0.2) is 5.82 Å². The van der Waals surface area contributed by atoms with Crippen LogP contribution in [0.5, 0.6) is 0 Å². The third kappa shape index (κ3) is 6.52. The molecule has 0 aliphatic heterocycles. The van der Waals surface area contributed by atoms with E-state index in [2.05, 4.69) is 190 Å². The summed E-state index contributed by atoms with van der Waals surface area (Å²) in [5.41, 5.74) is 20.0. The predicted molar refractivity (Wildman–Crippen MR) is 253 cm³/mol. The van der Waals surface area contributed by atoms with Crippen molar-refractivity contribution < 1.29 is 0 Å². The van der Waals surface area contributed by atoms with Gasteiger partial charge < -0.3 is 0 Å².